The predicted molar refractivity (Wildman–Crippen MR) is 93.1 cm³/mol. The van der Waals surface area contributed by atoms with Crippen LogP contribution >= 0.6 is 12.4 Å². The highest BCUT2D eigenvalue weighted by atomic mass is 35.5. The minimum absolute atomic E-state index is 0. The summed E-state index contributed by atoms with van der Waals surface area (Å²) in [6.45, 7) is 8.74. The van der Waals surface area contributed by atoms with Crippen LogP contribution < -0.4 is 5.73 Å². The molecule has 4 nitrogen and oxygen atoms in total. The van der Waals surface area contributed by atoms with Crippen molar-refractivity contribution in [3.63, 3.8) is 0 Å². The molecule has 3 N–H and O–H groups in total. The van der Waals surface area contributed by atoms with E-state index in [1.54, 1.807) is 4.90 Å². The first-order valence-corrected chi connectivity index (χ1v) is 7.69. The first-order chi connectivity index (χ1) is 9.90. The zero-order valence-electron chi connectivity index (χ0n) is 14.0. The Morgan fingerprint density at radius 3 is 2.27 bits per heavy atom. The quantitative estimate of drug-likeness (QED) is 0.808. The van der Waals surface area contributed by atoms with Gasteiger partial charge in [-0.3, -0.25) is 4.79 Å². The zero-order chi connectivity index (χ0) is 16.0. The fourth-order valence-corrected chi connectivity index (χ4v) is 2.19. The number of hydrogen-bond acceptors (Lipinski definition) is 3. The Bertz CT molecular complexity index is 450. The number of aliphatic hydroxyl groups is 1. The lowest BCUT2D eigenvalue weighted by Gasteiger charge is -2.29. The van der Waals surface area contributed by atoms with E-state index in [0.29, 0.717) is 6.54 Å². The molecule has 0 aliphatic carbocycles. The van der Waals surface area contributed by atoms with Gasteiger partial charge in [0.05, 0.1) is 18.7 Å². The average molecular weight is 329 g/mol. The zero-order valence-corrected chi connectivity index (χ0v) is 14.8. The van der Waals surface area contributed by atoms with E-state index in [4.69, 9.17) is 5.73 Å². The van der Waals surface area contributed by atoms with E-state index >= 15 is 0 Å². The monoisotopic (exact) mass is 328 g/mol. The summed E-state index contributed by atoms with van der Waals surface area (Å²) >= 11 is 0. The molecule has 0 bridgehead atoms. The second-order valence-corrected chi connectivity index (χ2v) is 5.71. The summed E-state index contributed by atoms with van der Waals surface area (Å²) in [4.78, 5) is 14.0. The molecule has 22 heavy (non-hydrogen) atoms. The van der Waals surface area contributed by atoms with Crippen molar-refractivity contribution in [2.75, 3.05) is 13.1 Å². The smallest absolute Gasteiger partial charge is 0.239 e. The van der Waals surface area contributed by atoms with E-state index in [1.165, 1.54) is 0 Å². The van der Waals surface area contributed by atoms with Crippen LogP contribution in [-0.2, 0) is 4.79 Å². The minimum Gasteiger partial charge on any atom is -0.387 e. The summed E-state index contributed by atoms with van der Waals surface area (Å²) in [7, 11) is 0. The van der Waals surface area contributed by atoms with Crippen molar-refractivity contribution in [3.8, 4) is 0 Å². The van der Waals surface area contributed by atoms with Crippen LogP contribution in [0.2, 0.25) is 0 Å². The van der Waals surface area contributed by atoms with Crippen LogP contribution in [0.3, 0.4) is 0 Å². The number of nitrogens with zero attached hydrogens (tertiary/aromatic N) is 1. The molecular weight excluding hydrogens is 300 g/mol. The van der Waals surface area contributed by atoms with E-state index in [9.17, 15) is 9.90 Å². The standard InChI is InChI=1S/C17H28N2O2.ClH/c1-5-13(4)16(18)17(21)19(6-2)11-15(20)14-9-7-12(3)8-10-14;/h7-10,13,15-16,20H,5-6,11,18H2,1-4H3;1H/t13?,15?,16-;/m0./s1. The molecule has 1 amide bonds. The first kappa shape index (κ1) is 20.9. The number of hydrogen-bond donors (Lipinski definition) is 2. The van der Waals surface area contributed by atoms with Crippen LogP contribution in [0.4, 0.5) is 0 Å². The first-order valence-electron chi connectivity index (χ1n) is 7.69. The van der Waals surface area contributed by atoms with Gasteiger partial charge >= 0.3 is 0 Å². The van der Waals surface area contributed by atoms with Gasteiger partial charge in [0.2, 0.25) is 5.91 Å². The summed E-state index contributed by atoms with van der Waals surface area (Å²) in [5.41, 5.74) is 7.98. The third-order valence-electron chi connectivity index (χ3n) is 4.09. The van der Waals surface area contributed by atoms with Crippen molar-refractivity contribution in [1.82, 2.24) is 4.90 Å². The summed E-state index contributed by atoms with van der Waals surface area (Å²) in [6, 6.07) is 7.21. The van der Waals surface area contributed by atoms with Gasteiger partial charge in [-0.25, -0.2) is 0 Å². The molecule has 0 heterocycles. The van der Waals surface area contributed by atoms with E-state index in [-0.39, 0.29) is 30.8 Å². The summed E-state index contributed by atoms with van der Waals surface area (Å²) in [6.07, 6.45) is 0.184. The van der Waals surface area contributed by atoms with Crippen molar-refractivity contribution in [3.05, 3.63) is 35.4 Å². The van der Waals surface area contributed by atoms with Crippen LogP contribution in [-0.4, -0.2) is 35.0 Å². The van der Waals surface area contributed by atoms with E-state index in [1.807, 2.05) is 52.0 Å². The van der Waals surface area contributed by atoms with Crippen molar-refractivity contribution < 1.29 is 9.90 Å². The molecule has 0 fully saturated rings. The van der Waals surface area contributed by atoms with Crippen molar-refractivity contribution in [2.24, 2.45) is 11.7 Å². The molecule has 0 saturated carbocycles. The number of likely N-dealkylation sites (N-methyl/N-ethyl adjacent to an activating group) is 1. The van der Waals surface area contributed by atoms with Crippen LogP contribution in [0.1, 0.15) is 44.4 Å². The summed E-state index contributed by atoms with van der Waals surface area (Å²) in [5.74, 6) is 0.0566. The van der Waals surface area contributed by atoms with Gasteiger partial charge < -0.3 is 15.7 Å². The van der Waals surface area contributed by atoms with E-state index in [2.05, 4.69) is 0 Å². The second-order valence-electron chi connectivity index (χ2n) is 5.71. The number of carbonyl (C=O) groups is 1. The maximum atomic E-state index is 12.4. The van der Waals surface area contributed by atoms with Gasteiger partial charge in [0, 0.05) is 6.54 Å². The molecule has 0 aromatic heterocycles. The van der Waals surface area contributed by atoms with Crippen LogP contribution in [0.25, 0.3) is 0 Å². The highest BCUT2D eigenvalue weighted by molar-refractivity contribution is 5.85. The number of halogens is 1. The highest BCUT2D eigenvalue weighted by Crippen LogP contribution is 2.16. The number of carbonyl (C=O) groups excluding carboxylic acids is 1. The SMILES string of the molecule is CCC(C)[C@H](N)C(=O)N(CC)CC(O)c1ccc(C)cc1.Cl. The predicted octanol–water partition coefficient (Wildman–Crippen LogP) is 2.67. The number of nitrogens with two attached hydrogens (primary N) is 1. The molecule has 5 heteroatoms. The summed E-state index contributed by atoms with van der Waals surface area (Å²) < 4.78 is 0. The molecule has 1 aromatic rings. The number of amides is 1. The van der Waals surface area contributed by atoms with Gasteiger partial charge in [-0.1, -0.05) is 50.1 Å². The third kappa shape index (κ3) is 5.59. The molecule has 0 radical (unpaired) electrons. The number of rotatable bonds is 7. The van der Waals surface area contributed by atoms with Crippen LogP contribution in [0.5, 0.6) is 0 Å². The van der Waals surface area contributed by atoms with Crippen molar-refractivity contribution in [2.45, 2.75) is 46.3 Å². The Morgan fingerprint density at radius 2 is 1.82 bits per heavy atom. The lowest BCUT2D eigenvalue weighted by molar-refractivity contribution is -0.135. The Hall–Kier alpha value is -1.10. The third-order valence-corrected chi connectivity index (χ3v) is 4.09. The molecule has 126 valence electrons. The molecule has 0 saturated heterocycles. The van der Waals surface area contributed by atoms with Gasteiger partial charge in [0.1, 0.15) is 0 Å². The normalized spacial score (nSPS) is 14.6. The Balaban J connectivity index is 0.00000441. The van der Waals surface area contributed by atoms with Crippen LogP contribution in [0, 0.1) is 12.8 Å². The van der Waals surface area contributed by atoms with Gasteiger partial charge in [-0.2, -0.15) is 0 Å². The molecule has 2 unspecified atom stereocenters. The van der Waals surface area contributed by atoms with Gasteiger partial charge in [0.25, 0.3) is 0 Å². The molecule has 1 rings (SSSR count). The largest absolute Gasteiger partial charge is 0.387 e. The Labute approximate surface area is 140 Å². The molecule has 3 atom stereocenters. The lowest BCUT2D eigenvalue weighted by Crippen LogP contribution is -2.48. The minimum atomic E-state index is -0.682. The van der Waals surface area contributed by atoms with Crippen molar-refractivity contribution in [1.29, 1.82) is 0 Å². The van der Waals surface area contributed by atoms with Gasteiger partial charge in [-0.05, 0) is 25.3 Å². The van der Waals surface area contributed by atoms with Gasteiger partial charge in [0.15, 0.2) is 0 Å². The number of benzene rings is 1. The molecular formula is C17H29ClN2O2. The molecule has 0 aliphatic rings. The molecule has 1 aromatic carbocycles. The second kappa shape index (κ2) is 9.82. The Morgan fingerprint density at radius 1 is 1.27 bits per heavy atom. The fraction of sp³-hybridized carbons (Fsp3) is 0.588. The lowest BCUT2D eigenvalue weighted by atomic mass is 9.98. The van der Waals surface area contributed by atoms with E-state index in [0.717, 1.165) is 17.5 Å². The van der Waals surface area contributed by atoms with E-state index < -0.39 is 12.1 Å². The fourth-order valence-electron chi connectivity index (χ4n) is 2.19. The summed E-state index contributed by atoms with van der Waals surface area (Å²) in [5, 5.41) is 10.3. The molecule has 0 aliphatic heterocycles. The topological polar surface area (TPSA) is 66.6 Å². The van der Waals surface area contributed by atoms with Gasteiger partial charge in [-0.15, -0.1) is 12.4 Å². The average Bonchev–Trinajstić information content (AvgIpc) is 2.50. The number of aryl methyl sites for hydroxylation is 1. The van der Waals surface area contributed by atoms with Crippen molar-refractivity contribution >= 4 is 18.3 Å². The number of aliphatic hydroxyl groups excluding tert-OH is 1. The highest BCUT2D eigenvalue weighted by Gasteiger charge is 2.25. The maximum Gasteiger partial charge on any atom is 0.239 e. The maximum absolute atomic E-state index is 12.4. The Kier molecular flexibility index (Phi) is 9.33. The van der Waals surface area contributed by atoms with Crippen LogP contribution in [0.15, 0.2) is 24.3 Å². The molecule has 0 spiro atoms.